The summed E-state index contributed by atoms with van der Waals surface area (Å²) in [5.74, 6) is 0. The van der Waals surface area contributed by atoms with Crippen molar-refractivity contribution in [2.24, 2.45) is 5.16 Å². The fourth-order valence-electron chi connectivity index (χ4n) is 4.97. The van der Waals surface area contributed by atoms with Gasteiger partial charge in [-0.2, -0.15) is 0 Å². The molecule has 2 fully saturated rings. The molecule has 0 amide bonds. The summed E-state index contributed by atoms with van der Waals surface area (Å²) in [4.78, 5) is 2.46. The van der Waals surface area contributed by atoms with Gasteiger partial charge in [-0.15, -0.1) is 0 Å². The van der Waals surface area contributed by atoms with Crippen molar-refractivity contribution < 1.29 is 9.63 Å². The second kappa shape index (κ2) is 7.01. The molecule has 0 aliphatic carbocycles. The summed E-state index contributed by atoms with van der Waals surface area (Å²) < 4.78 is 7.02. The number of hydrogen-bond acceptors (Lipinski definition) is 4. The van der Waals surface area contributed by atoms with Crippen LogP contribution in [-0.4, -0.2) is 49.4 Å². The monoisotopic (exact) mass is 326 g/mol. The number of rotatable bonds is 5. The van der Waals surface area contributed by atoms with E-state index in [1.165, 1.54) is 0 Å². The Balaban J connectivity index is 2.15. The number of hydrogen-bond donors (Lipinski definition) is 1. The van der Waals surface area contributed by atoms with Gasteiger partial charge in [-0.3, -0.25) is 4.90 Å². The molecule has 2 heterocycles. The molecule has 22 heavy (non-hydrogen) atoms. The van der Waals surface area contributed by atoms with E-state index < -0.39 is 8.32 Å². The molecule has 2 aliphatic heterocycles. The van der Waals surface area contributed by atoms with Crippen LogP contribution in [0.4, 0.5) is 0 Å². The summed E-state index contributed by atoms with van der Waals surface area (Å²) in [5, 5.41) is 12.5. The van der Waals surface area contributed by atoms with Crippen LogP contribution >= 0.6 is 0 Å². The Bertz CT molecular complexity index is 388. The highest BCUT2D eigenvalue weighted by Crippen LogP contribution is 2.45. The van der Waals surface area contributed by atoms with E-state index in [-0.39, 0.29) is 0 Å². The van der Waals surface area contributed by atoms with Crippen LogP contribution in [0.25, 0.3) is 0 Å². The summed E-state index contributed by atoms with van der Waals surface area (Å²) >= 11 is 0. The van der Waals surface area contributed by atoms with Crippen LogP contribution in [0.1, 0.15) is 60.8 Å². The van der Waals surface area contributed by atoms with Crippen LogP contribution in [0.5, 0.6) is 0 Å². The van der Waals surface area contributed by atoms with Crippen molar-refractivity contribution in [1.82, 2.24) is 4.90 Å². The van der Waals surface area contributed by atoms with Crippen molar-refractivity contribution in [3.05, 3.63) is 0 Å². The summed E-state index contributed by atoms with van der Waals surface area (Å²) in [6.07, 6.45) is 3.49. The molecule has 128 valence electrons. The van der Waals surface area contributed by atoms with E-state index in [0.29, 0.717) is 28.8 Å². The molecular formula is C17H34N2O2Si. The number of oxime groups is 1. The van der Waals surface area contributed by atoms with Gasteiger partial charge in [0.2, 0.25) is 8.32 Å². The topological polar surface area (TPSA) is 45.1 Å². The van der Waals surface area contributed by atoms with Crippen molar-refractivity contribution in [2.75, 3.05) is 13.1 Å². The molecule has 2 aliphatic rings. The molecule has 2 saturated heterocycles. The second-order valence-electron chi connectivity index (χ2n) is 8.01. The molecule has 0 aromatic carbocycles. The van der Waals surface area contributed by atoms with Gasteiger partial charge in [0.1, 0.15) is 0 Å². The van der Waals surface area contributed by atoms with E-state index >= 15 is 0 Å². The van der Waals surface area contributed by atoms with Gasteiger partial charge in [0.25, 0.3) is 0 Å². The van der Waals surface area contributed by atoms with Gasteiger partial charge in [0.15, 0.2) is 0 Å². The van der Waals surface area contributed by atoms with E-state index in [0.717, 1.165) is 38.1 Å². The molecule has 0 aromatic rings. The van der Waals surface area contributed by atoms with E-state index in [4.69, 9.17) is 9.63 Å². The van der Waals surface area contributed by atoms with Gasteiger partial charge >= 0.3 is 0 Å². The largest absolute Gasteiger partial charge is 0.412 e. The molecule has 0 spiro atoms. The first-order valence-electron chi connectivity index (χ1n) is 8.94. The fourth-order valence-corrected chi connectivity index (χ4v) is 10.6. The van der Waals surface area contributed by atoms with Crippen molar-refractivity contribution in [1.29, 1.82) is 0 Å². The minimum atomic E-state index is -1.80. The lowest BCUT2D eigenvalue weighted by molar-refractivity contribution is 0.114. The Morgan fingerprint density at radius 1 is 1.09 bits per heavy atom. The number of fused-ring (bicyclic) bond motifs is 1. The Hall–Kier alpha value is -0.393. The standard InChI is InChI=1S/C17H34N2O2Si/c1-12(2)22(13(3)4,14(5)6)21-17-9-10-19-11-15(18-20)7-8-16(17)19/h12-14,16-17,20H,7-11H2,1-6H3/b18-15+/t16-,17-/m0/s1. The molecular weight excluding hydrogens is 292 g/mol. The highest BCUT2D eigenvalue weighted by Gasteiger charge is 2.49. The quantitative estimate of drug-likeness (QED) is 0.467. The average Bonchev–Trinajstić information content (AvgIpc) is 2.85. The van der Waals surface area contributed by atoms with Gasteiger partial charge in [-0.1, -0.05) is 46.7 Å². The normalized spacial score (nSPS) is 29.0. The minimum Gasteiger partial charge on any atom is -0.412 e. The summed E-state index contributed by atoms with van der Waals surface area (Å²) in [6, 6.07) is 0.522. The lowest BCUT2D eigenvalue weighted by Gasteiger charge is -2.46. The molecule has 4 nitrogen and oxygen atoms in total. The van der Waals surface area contributed by atoms with Crippen molar-refractivity contribution in [2.45, 2.75) is 89.6 Å². The third-order valence-electron chi connectivity index (χ3n) is 5.92. The first-order chi connectivity index (χ1) is 10.3. The Morgan fingerprint density at radius 2 is 1.68 bits per heavy atom. The lowest BCUT2D eigenvalue weighted by Crippen LogP contribution is -2.53. The molecule has 0 unspecified atom stereocenters. The van der Waals surface area contributed by atoms with Gasteiger partial charge in [-0.05, 0) is 35.9 Å². The van der Waals surface area contributed by atoms with Crippen molar-refractivity contribution in [3.8, 4) is 0 Å². The smallest absolute Gasteiger partial charge is 0.200 e. The van der Waals surface area contributed by atoms with E-state index in [1.807, 2.05) is 0 Å². The Kier molecular flexibility index (Phi) is 5.72. The highest BCUT2D eigenvalue weighted by molar-refractivity contribution is 6.77. The zero-order valence-electron chi connectivity index (χ0n) is 15.2. The molecule has 0 saturated carbocycles. The maximum Gasteiger partial charge on any atom is 0.200 e. The van der Waals surface area contributed by atoms with Gasteiger partial charge in [0, 0.05) is 19.1 Å². The lowest BCUT2D eigenvalue weighted by atomic mass is 10.00. The van der Waals surface area contributed by atoms with Crippen LogP contribution in [0.15, 0.2) is 5.16 Å². The Labute approximate surface area is 137 Å². The zero-order valence-corrected chi connectivity index (χ0v) is 16.2. The molecule has 0 bridgehead atoms. The zero-order chi connectivity index (χ0) is 16.5. The van der Waals surface area contributed by atoms with Crippen LogP contribution in [-0.2, 0) is 4.43 Å². The van der Waals surface area contributed by atoms with Crippen LogP contribution < -0.4 is 0 Å². The van der Waals surface area contributed by atoms with E-state index in [2.05, 4.69) is 51.6 Å². The second-order valence-corrected chi connectivity index (χ2v) is 13.4. The van der Waals surface area contributed by atoms with Crippen molar-refractivity contribution >= 4 is 14.0 Å². The molecule has 0 radical (unpaired) electrons. The van der Waals surface area contributed by atoms with Crippen LogP contribution in [0, 0.1) is 0 Å². The molecule has 2 rings (SSSR count). The van der Waals surface area contributed by atoms with Gasteiger partial charge in [0.05, 0.1) is 11.8 Å². The van der Waals surface area contributed by atoms with Gasteiger partial charge in [-0.25, -0.2) is 0 Å². The molecule has 5 heteroatoms. The summed E-state index contributed by atoms with van der Waals surface area (Å²) in [7, 11) is -1.80. The Morgan fingerprint density at radius 3 is 2.18 bits per heavy atom. The highest BCUT2D eigenvalue weighted by atomic mass is 28.4. The van der Waals surface area contributed by atoms with E-state index in [9.17, 15) is 0 Å². The van der Waals surface area contributed by atoms with E-state index in [1.54, 1.807) is 0 Å². The van der Waals surface area contributed by atoms with Crippen LogP contribution in [0.3, 0.4) is 0 Å². The first kappa shape index (κ1) is 18.0. The minimum absolute atomic E-state index is 0.374. The molecule has 1 N–H and O–H groups in total. The predicted octanol–water partition coefficient (Wildman–Crippen LogP) is 4.25. The molecule has 0 aromatic heterocycles. The third-order valence-corrected chi connectivity index (χ3v) is 12.0. The maximum absolute atomic E-state index is 9.02. The number of piperidine rings is 1. The van der Waals surface area contributed by atoms with Crippen LogP contribution in [0.2, 0.25) is 16.6 Å². The molecule has 2 atom stereocenters. The van der Waals surface area contributed by atoms with Gasteiger partial charge < -0.3 is 9.63 Å². The maximum atomic E-state index is 9.02. The predicted molar refractivity (Wildman–Crippen MR) is 94.4 cm³/mol. The SMILES string of the molecule is CC(C)[Si](O[C@H]1CCN2C/C(=N/O)CC[C@@H]12)(C(C)C)C(C)C. The number of nitrogens with zero attached hydrogens (tertiary/aromatic N) is 2. The average molecular weight is 327 g/mol. The summed E-state index contributed by atoms with van der Waals surface area (Å²) in [6.45, 7) is 16.0. The fraction of sp³-hybridized carbons (Fsp3) is 0.941. The first-order valence-corrected chi connectivity index (χ1v) is 11.1. The van der Waals surface area contributed by atoms with Crippen molar-refractivity contribution in [3.63, 3.8) is 0 Å². The third kappa shape index (κ3) is 3.13. The summed E-state index contributed by atoms with van der Waals surface area (Å²) in [5.41, 5.74) is 2.84.